The van der Waals surface area contributed by atoms with Gasteiger partial charge in [0.15, 0.2) is 0 Å². The van der Waals surface area contributed by atoms with Gasteiger partial charge in [0, 0.05) is 29.5 Å². The minimum absolute atomic E-state index is 0.01000. The van der Waals surface area contributed by atoms with Crippen molar-refractivity contribution in [2.24, 2.45) is 5.11 Å². The predicted molar refractivity (Wildman–Crippen MR) is 80.2 cm³/mol. The zero-order valence-electron chi connectivity index (χ0n) is 12.9. The number of hydrogen-bond acceptors (Lipinski definition) is 7. The maximum Gasteiger partial charge on any atom is 0.330 e. The van der Waals surface area contributed by atoms with Gasteiger partial charge in [-0.05, 0) is 12.0 Å². The number of nitrogens with zero attached hydrogens (tertiary/aromatic N) is 4. The Labute approximate surface area is 135 Å². The van der Waals surface area contributed by atoms with Gasteiger partial charge in [0.25, 0.3) is 5.56 Å². The van der Waals surface area contributed by atoms with Crippen molar-refractivity contribution in [3.05, 3.63) is 43.0 Å². The molecule has 130 valence electrons. The maximum absolute atomic E-state index is 12.0. The van der Waals surface area contributed by atoms with Crippen LogP contribution in [0.2, 0.25) is 0 Å². The molecule has 0 unspecified atom stereocenters. The Balaban J connectivity index is 2.27. The fraction of sp³-hybridized carbons (Fsp3) is 0.615. The fourth-order valence-corrected chi connectivity index (χ4v) is 2.50. The summed E-state index contributed by atoms with van der Waals surface area (Å²) in [5.41, 5.74) is 7.47. The van der Waals surface area contributed by atoms with Crippen LogP contribution in [0, 0.1) is 0 Å². The monoisotopic (exact) mass is 339 g/mol. The lowest BCUT2D eigenvalue weighted by Crippen LogP contribution is -2.34. The number of esters is 1. The number of rotatable bonds is 6. The number of aliphatic hydroxyl groups excluding tert-OH is 1. The van der Waals surface area contributed by atoms with Gasteiger partial charge in [-0.15, -0.1) is 0 Å². The minimum atomic E-state index is -0.793. The van der Waals surface area contributed by atoms with Crippen LogP contribution >= 0.6 is 0 Å². The van der Waals surface area contributed by atoms with Crippen LogP contribution in [-0.2, 0) is 20.7 Å². The Bertz CT molecular complexity index is 765. The second-order valence-electron chi connectivity index (χ2n) is 5.22. The molecule has 0 spiro atoms. The number of hydrogen-bond donors (Lipinski definition) is 2. The molecule has 2 heterocycles. The third-order valence-electron chi connectivity index (χ3n) is 3.76. The number of carbonyl (C=O) groups is 1. The molecule has 0 aliphatic carbocycles. The highest BCUT2D eigenvalue weighted by atomic mass is 16.5. The Hall–Kier alpha value is -2.62. The van der Waals surface area contributed by atoms with Gasteiger partial charge in [0.2, 0.25) is 0 Å². The van der Waals surface area contributed by atoms with Crippen LogP contribution in [-0.4, -0.2) is 46.5 Å². The van der Waals surface area contributed by atoms with E-state index in [4.69, 9.17) is 10.3 Å². The third kappa shape index (κ3) is 3.82. The molecule has 11 heteroatoms. The van der Waals surface area contributed by atoms with Gasteiger partial charge >= 0.3 is 11.7 Å². The largest absolute Gasteiger partial charge is 0.469 e. The number of azide groups is 1. The predicted octanol–water partition coefficient (Wildman–Crippen LogP) is -0.399. The van der Waals surface area contributed by atoms with E-state index in [2.05, 4.69) is 19.7 Å². The van der Waals surface area contributed by atoms with Crippen molar-refractivity contribution < 1.29 is 19.4 Å². The molecule has 11 nitrogen and oxygen atoms in total. The second-order valence-corrected chi connectivity index (χ2v) is 5.22. The number of aryl methyl sites for hydroxylation is 1. The van der Waals surface area contributed by atoms with Gasteiger partial charge < -0.3 is 14.6 Å². The van der Waals surface area contributed by atoms with E-state index in [1.54, 1.807) is 0 Å². The summed E-state index contributed by atoms with van der Waals surface area (Å²) in [6.45, 7) is -0.368. The number of aromatic amines is 1. The van der Waals surface area contributed by atoms with Gasteiger partial charge in [-0.25, -0.2) is 4.79 Å². The van der Waals surface area contributed by atoms with Crippen LogP contribution in [0.25, 0.3) is 10.4 Å². The molecular formula is C13H17N5O6. The molecule has 0 bridgehead atoms. The fourth-order valence-electron chi connectivity index (χ4n) is 2.50. The van der Waals surface area contributed by atoms with Gasteiger partial charge in [0.05, 0.1) is 25.9 Å². The van der Waals surface area contributed by atoms with Crippen molar-refractivity contribution in [1.29, 1.82) is 0 Å². The zero-order valence-corrected chi connectivity index (χ0v) is 12.9. The molecule has 1 saturated heterocycles. The Morgan fingerprint density at radius 1 is 1.62 bits per heavy atom. The van der Waals surface area contributed by atoms with Gasteiger partial charge in [-0.3, -0.25) is 19.1 Å². The molecule has 0 amide bonds. The number of H-pyrrole nitrogens is 1. The van der Waals surface area contributed by atoms with Crippen LogP contribution in [0.3, 0.4) is 0 Å². The number of carbonyl (C=O) groups excluding carboxylic acids is 1. The topological polar surface area (TPSA) is 159 Å². The highest BCUT2D eigenvalue weighted by Crippen LogP contribution is 2.29. The van der Waals surface area contributed by atoms with Crippen LogP contribution in [0.5, 0.6) is 0 Å². The number of aromatic nitrogens is 2. The summed E-state index contributed by atoms with van der Waals surface area (Å²) in [4.78, 5) is 39.9. The van der Waals surface area contributed by atoms with Gasteiger partial charge in [0.1, 0.15) is 6.23 Å². The van der Waals surface area contributed by atoms with E-state index in [0.29, 0.717) is 0 Å². The number of methoxy groups -OCH3 is 1. The molecule has 0 aromatic carbocycles. The molecule has 1 fully saturated rings. The highest BCUT2D eigenvalue weighted by Gasteiger charge is 2.35. The lowest BCUT2D eigenvalue weighted by atomic mass is 10.1. The summed E-state index contributed by atoms with van der Waals surface area (Å²) in [6.07, 6.45) is 0.0451. The standard InChI is InChI=1S/C13H17N5O6/c1-23-11(20)3-2-7-5-18(13(22)15-12(7)21)10-4-8(16-17-14)9(6-19)24-10/h5,8-10,19H,2-4,6H2,1H3,(H,15,21,22)/t8-,9+,10+/m0/s1. The first-order valence-electron chi connectivity index (χ1n) is 7.21. The molecule has 1 aromatic rings. The van der Waals surface area contributed by atoms with Crippen molar-refractivity contribution in [2.75, 3.05) is 13.7 Å². The Morgan fingerprint density at radius 3 is 3.00 bits per heavy atom. The first kappa shape index (κ1) is 17.7. The Kier molecular flexibility index (Phi) is 5.74. The third-order valence-corrected chi connectivity index (χ3v) is 3.76. The summed E-state index contributed by atoms with van der Waals surface area (Å²) < 4.78 is 11.2. The van der Waals surface area contributed by atoms with E-state index in [9.17, 15) is 19.5 Å². The van der Waals surface area contributed by atoms with E-state index in [-0.39, 0.29) is 31.4 Å². The van der Waals surface area contributed by atoms with E-state index < -0.39 is 35.6 Å². The van der Waals surface area contributed by atoms with E-state index in [0.717, 1.165) is 4.57 Å². The summed E-state index contributed by atoms with van der Waals surface area (Å²) in [5.74, 6) is -0.479. The number of nitrogens with one attached hydrogen (secondary N) is 1. The second kappa shape index (κ2) is 7.77. The Morgan fingerprint density at radius 2 is 2.38 bits per heavy atom. The average Bonchev–Trinajstić information content (AvgIpc) is 2.96. The number of ether oxygens (including phenoxy) is 2. The molecule has 0 radical (unpaired) electrons. The van der Waals surface area contributed by atoms with Crippen molar-refractivity contribution in [3.8, 4) is 0 Å². The zero-order chi connectivity index (χ0) is 17.7. The lowest BCUT2D eigenvalue weighted by molar-refractivity contribution is -0.140. The molecule has 0 saturated carbocycles. The maximum atomic E-state index is 12.0. The molecule has 1 aromatic heterocycles. The van der Waals surface area contributed by atoms with E-state index >= 15 is 0 Å². The van der Waals surface area contributed by atoms with Crippen molar-refractivity contribution in [1.82, 2.24) is 9.55 Å². The van der Waals surface area contributed by atoms with Crippen LogP contribution in [0.1, 0.15) is 24.6 Å². The summed E-state index contributed by atoms with van der Waals surface area (Å²) in [5, 5.41) is 12.8. The highest BCUT2D eigenvalue weighted by molar-refractivity contribution is 5.69. The van der Waals surface area contributed by atoms with Crippen LogP contribution in [0.15, 0.2) is 20.9 Å². The molecule has 1 aliphatic heterocycles. The van der Waals surface area contributed by atoms with Crippen molar-refractivity contribution in [2.45, 2.75) is 37.6 Å². The minimum Gasteiger partial charge on any atom is -0.469 e. The molecule has 1 aliphatic rings. The average molecular weight is 339 g/mol. The van der Waals surface area contributed by atoms with Crippen molar-refractivity contribution in [3.63, 3.8) is 0 Å². The first-order valence-corrected chi connectivity index (χ1v) is 7.21. The van der Waals surface area contributed by atoms with Crippen LogP contribution < -0.4 is 11.2 Å². The first-order chi connectivity index (χ1) is 11.5. The van der Waals surface area contributed by atoms with E-state index in [1.807, 2.05) is 0 Å². The summed E-state index contributed by atoms with van der Waals surface area (Å²) >= 11 is 0. The van der Waals surface area contributed by atoms with Crippen LogP contribution in [0.4, 0.5) is 0 Å². The summed E-state index contributed by atoms with van der Waals surface area (Å²) in [7, 11) is 1.24. The molecular weight excluding hydrogens is 322 g/mol. The normalized spacial score (nSPS) is 22.8. The molecule has 2 N–H and O–H groups in total. The molecule has 24 heavy (non-hydrogen) atoms. The molecule has 2 rings (SSSR count). The molecule has 3 atom stereocenters. The number of aliphatic hydroxyl groups is 1. The SMILES string of the molecule is COC(=O)CCc1cn([C@H]2C[C@H](N=[N+]=[N-])[C@@H](CO)O2)c(=O)[nH]c1=O. The smallest absolute Gasteiger partial charge is 0.330 e. The van der Waals surface area contributed by atoms with Crippen molar-refractivity contribution >= 4 is 5.97 Å². The summed E-state index contributed by atoms with van der Waals surface area (Å²) in [6, 6.07) is -0.623. The lowest BCUT2D eigenvalue weighted by Gasteiger charge is -2.15. The quantitative estimate of drug-likeness (QED) is 0.310. The van der Waals surface area contributed by atoms with Gasteiger partial charge in [-0.2, -0.15) is 0 Å². The van der Waals surface area contributed by atoms with Gasteiger partial charge in [-0.1, -0.05) is 5.11 Å². The van der Waals surface area contributed by atoms with E-state index in [1.165, 1.54) is 13.3 Å².